The molecule has 8 heteroatoms. The Labute approximate surface area is 106 Å². The van der Waals surface area contributed by atoms with Crippen LogP contribution in [0, 0.1) is 0 Å². The van der Waals surface area contributed by atoms with E-state index in [1.54, 1.807) is 19.3 Å². The second kappa shape index (κ2) is 5.05. The van der Waals surface area contributed by atoms with Crippen LogP contribution in [0.4, 0.5) is 0 Å². The molecule has 2 aromatic rings. The number of carboxylic acids is 1. The highest BCUT2D eigenvalue weighted by atomic mass is 32.2. The number of aromatic amines is 1. The number of nitrogens with zero attached hydrogens (tertiary/aromatic N) is 3. The van der Waals surface area contributed by atoms with Gasteiger partial charge in [-0.1, -0.05) is 11.8 Å². The summed E-state index contributed by atoms with van der Waals surface area (Å²) in [5, 5.41) is 15.4. The van der Waals surface area contributed by atoms with Gasteiger partial charge in [0.1, 0.15) is 0 Å². The lowest BCUT2D eigenvalue weighted by Gasteiger charge is -1.97. The van der Waals surface area contributed by atoms with Gasteiger partial charge < -0.3 is 9.67 Å². The Morgan fingerprint density at radius 3 is 3.06 bits per heavy atom. The first-order valence-electron chi connectivity index (χ1n) is 5.00. The molecule has 94 valence electrons. The van der Waals surface area contributed by atoms with Gasteiger partial charge in [-0.25, -0.2) is 4.98 Å². The Hall–Kier alpha value is -2.09. The van der Waals surface area contributed by atoms with Crippen molar-refractivity contribution in [1.29, 1.82) is 0 Å². The summed E-state index contributed by atoms with van der Waals surface area (Å²) in [6, 6.07) is 3.17. The number of nitrogens with one attached hydrogen (secondary N) is 1. The normalized spacial score (nSPS) is 10.5. The monoisotopic (exact) mass is 266 g/mol. The third-order valence-electron chi connectivity index (χ3n) is 2.17. The van der Waals surface area contributed by atoms with Crippen LogP contribution in [0.25, 0.3) is 11.4 Å². The van der Waals surface area contributed by atoms with Crippen molar-refractivity contribution >= 4 is 17.7 Å². The number of pyridine rings is 1. The predicted octanol–water partition coefficient (Wildman–Crippen LogP) is 0.347. The predicted molar refractivity (Wildman–Crippen MR) is 65.4 cm³/mol. The zero-order valence-corrected chi connectivity index (χ0v) is 10.3. The third kappa shape index (κ3) is 2.77. The number of rotatable bonds is 4. The van der Waals surface area contributed by atoms with E-state index in [2.05, 4.69) is 15.2 Å². The van der Waals surface area contributed by atoms with Crippen molar-refractivity contribution in [1.82, 2.24) is 19.7 Å². The molecule has 18 heavy (non-hydrogen) atoms. The molecule has 2 heterocycles. The Morgan fingerprint density at radius 1 is 1.61 bits per heavy atom. The maximum absolute atomic E-state index is 11.5. The number of carbonyl (C=O) groups is 1. The van der Waals surface area contributed by atoms with E-state index in [1.165, 1.54) is 10.6 Å². The van der Waals surface area contributed by atoms with E-state index in [1.807, 2.05) is 0 Å². The summed E-state index contributed by atoms with van der Waals surface area (Å²) in [5.41, 5.74) is 0.469. The van der Waals surface area contributed by atoms with Gasteiger partial charge in [0.05, 0.1) is 5.75 Å². The van der Waals surface area contributed by atoms with Crippen LogP contribution in [-0.4, -0.2) is 36.6 Å². The molecule has 0 bridgehead atoms. The van der Waals surface area contributed by atoms with Gasteiger partial charge in [-0.05, 0) is 6.07 Å². The molecular weight excluding hydrogens is 256 g/mol. The van der Waals surface area contributed by atoms with E-state index in [-0.39, 0.29) is 11.3 Å². The molecule has 0 aromatic carbocycles. The average molecular weight is 266 g/mol. The molecule has 0 fully saturated rings. The van der Waals surface area contributed by atoms with Crippen molar-refractivity contribution in [2.75, 3.05) is 5.75 Å². The molecule has 0 saturated carbocycles. The molecule has 2 rings (SSSR count). The molecule has 0 radical (unpaired) electrons. The van der Waals surface area contributed by atoms with Gasteiger partial charge in [0, 0.05) is 24.9 Å². The Balaban J connectivity index is 2.21. The van der Waals surface area contributed by atoms with Crippen LogP contribution in [-0.2, 0) is 11.8 Å². The van der Waals surface area contributed by atoms with Gasteiger partial charge >= 0.3 is 5.97 Å². The van der Waals surface area contributed by atoms with Gasteiger partial charge in [0.2, 0.25) is 5.16 Å². The van der Waals surface area contributed by atoms with Crippen molar-refractivity contribution in [3.63, 3.8) is 0 Å². The highest BCUT2D eigenvalue weighted by Crippen LogP contribution is 2.17. The minimum Gasteiger partial charge on any atom is -0.481 e. The molecule has 7 nitrogen and oxygen atoms in total. The molecule has 0 aliphatic heterocycles. The summed E-state index contributed by atoms with van der Waals surface area (Å²) >= 11 is 1.02. The number of hydrogen-bond donors (Lipinski definition) is 2. The number of aromatic nitrogens is 4. The molecular formula is C10H10N4O3S. The summed E-state index contributed by atoms with van der Waals surface area (Å²) in [7, 11) is 1.65. The SMILES string of the molecule is Cn1ccc(-c2nc(SCC(=O)O)n[nH]2)cc1=O. The standard InChI is InChI=1S/C10H10N4O3S/c1-14-3-2-6(4-7(14)15)9-11-10(13-12-9)18-5-8(16)17/h2-4H,5H2,1H3,(H,16,17)(H,11,12,13). The van der Waals surface area contributed by atoms with Gasteiger partial charge in [-0.2, -0.15) is 0 Å². The molecule has 0 atom stereocenters. The molecule has 0 aliphatic rings. The van der Waals surface area contributed by atoms with Gasteiger partial charge in [-0.3, -0.25) is 14.7 Å². The fourth-order valence-corrected chi connectivity index (χ4v) is 1.78. The van der Waals surface area contributed by atoms with Crippen molar-refractivity contribution in [3.05, 3.63) is 28.7 Å². The first kappa shape index (κ1) is 12.4. The second-order valence-corrected chi connectivity index (χ2v) is 4.46. The number of hydrogen-bond acceptors (Lipinski definition) is 5. The van der Waals surface area contributed by atoms with Crippen LogP contribution in [0.1, 0.15) is 0 Å². The zero-order valence-electron chi connectivity index (χ0n) is 9.45. The van der Waals surface area contributed by atoms with E-state index >= 15 is 0 Å². The largest absolute Gasteiger partial charge is 0.481 e. The van der Waals surface area contributed by atoms with Crippen LogP contribution in [0.15, 0.2) is 28.3 Å². The Morgan fingerprint density at radius 2 is 2.39 bits per heavy atom. The van der Waals surface area contributed by atoms with E-state index in [4.69, 9.17) is 5.11 Å². The van der Waals surface area contributed by atoms with Crippen LogP contribution < -0.4 is 5.56 Å². The van der Waals surface area contributed by atoms with Crippen molar-refractivity contribution in [2.45, 2.75) is 5.16 Å². The second-order valence-electron chi connectivity index (χ2n) is 3.51. The fraction of sp³-hybridized carbons (Fsp3) is 0.200. The fourth-order valence-electron chi connectivity index (χ4n) is 1.26. The smallest absolute Gasteiger partial charge is 0.313 e. The van der Waals surface area contributed by atoms with Crippen molar-refractivity contribution in [3.8, 4) is 11.4 Å². The first-order valence-corrected chi connectivity index (χ1v) is 5.99. The van der Waals surface area contributed by atoms with Crippen molar-refractivity contribution in [2.24, 2.45) is 7.05 Å². The summed E-state index contributed by atoms with van der Waals surface area (Å²) < 4.78 is 1.44. The highest BCUT2D eigenvalue weighted by Gasteiger charge is 2.08. The lowest BCUT2D eigenvalue weighted by molar-refractivity contribution is -0.133. The van der Waals surface area contributed by atoms with E-state index in [0.29, 0.717) is 16.5 Å². The quantitative estimate of drug-likeness (QED) is 0.774. The molecule has 0 spiro atoms. The third-order valence-corrected chi connectivity index (χ3v) is 3.00. The van der Waals surface area contributed by atoms with Crippen molar-refractivity contribution < 1.29 is 9.90 Å². The number of thioether (sulfide) groups is 1. The first-order chi connectivity index (χ1) is 8.56. The number of aliphatic carboxylic acids is 1. The summed E-state index contributed by atoms with van der Waals surface area (Å²) in [4.78, 5) is 26.0. The number of carboxylic acid groups (broad SMARTS) is 1. The summed E-state index contributed by atoms with van der Waals surface area (Å²) in [6.45, 7) is 0. The molecule has 2 N–H and O–H groups in total. The minimum absolute atomic E-state index is 0.103. The van der Waals surface area contributed by atoms with E-state index in [0.717, 1.165) is 11.8 Å². The van der Waals surface area contributed by atoms with E-state index in [9.17, 15) is 9.59 Å². The van der Waals surface area contributed by atoms with Crippen LogP contribution >= 0.6 is 11.8 Å². The van der Waals surface area contributed by atoms with Crippen LogP contribution in [0.5, 0.6) is 0 Å². The van der Waals surface area contributed by atoms with E-state index < -0.39 is 5.97 Å². The minimum atomic E-state index is -0.931. The molecule has 0 unspecified atom stereocenters. The van der Waals surface area contributed by atoms with Gasteiger partial charge in [0.15, 0.2) is 5.82 Å². The average Bonchev–Trinajstić information content (AvgIpc) is 2.79. The van der Waals surface area contributed by atoms with Gasteiger partial charge in [0.25, 0.3) is 5.56 Å². The van der Waals surface area contributed by atoms with Crippen LogP contribution in [0.3, 0.4) is 0 Å². The lowest BCUT2D eigenvalue weighted by Crippen LogP contribution is -2.14. The maximum atomic E-state index is 11.5. The molecule has 0 aliphatic carbocycles. The Bertz CT molecular complexity index is 634. The maximum Gasteiger partial charge on any atom is 0.313 e. The number of aryl methyl sites for hydroxylation is 1. The summed E-state index contributed by atoms with van der Waals surface area (Å²) in [6.07, 6.45) is 1.63. The number of H-pyrrole nitrogens is 1. The van der Waals surface area contributed by atoms with Crippen LogP contribution in [0.2, 0.25) is 0 Å². The summed E-state index contributed by atoms with van der Waals surface area (Å²) in [5.74, 6) is -0.589. The lowest BCUT2D eigenvalue weighted by atomic mass is 10.2. The van der Waals surface area contributed by atoms with Gasteiger partial charge in [-0.15, -0.1) is 5.10 Å². The molecule has 2 aromatic heterocycles. The molecule has 0 saturated heterocycles. The topological polar surface area (TPSA) is 101 Å². The zero-order chi connectivity index (χ0) is 13.1. The molecule has 0 amide bonds. The highest BCUT2D eigenvalue weighted by molar-refractivity contribution is 7.99. The Kier molecular flexibility index (Phi) is 3.47.